The lowest BCUT2D eigenvalue weighted by Gasteiger charge is -2.11. The maximum absolute atomic E-state index is 5.92. The number of para-hydroxylation sites is 1. The molecule has 3 rings (SSSR count). The summed E-state index contributed by atoms with van der Waals surface area (Å²) in [5.74, 6) is 0.936. The molecule has 2 aromatic heterocycles. The van der Waals surface area contributed by atoms with Gasteiger partial charge in [0.2, 0.25) is 0 Å². The number of hydrogen-bond acceptors (Lipinski definition) is 4. The molecular formula is C14H14N2OS. The van der Waals surface area contributed by atoms with Crippen molar-refractivity contribution >= 4 is 22.3 Å². The van der Waals surface area contributed by atoms with E-state index in [9.17, 15) is 0 Å². The Labute approximate surface area is 109 Å². The number of fused-ring (bicyclic) bond motifs is 1. The Balaban J connectivity index is 2.09. The fraction of sp³-hybridized carbons (Fsp3) is 0.214. The van der Waals surface area contributed by atoms with Crippen LogP contribution in [0, 0.1) is 6.92 Å². The van der Waals surface area contributed by atoms with Crippen LogP contribution in [0.1, 0.15) is 22.4 Å². The number of aromatic nitrogens is 1. The van der Waals surface area contributed by atoms with Gasteiger partial charge in [-0.15, -0.1) is 11.3 Å². The summed E-state index contributed by atoms with van der Waals surface area (Å²) in [4.78, 5) is 5.51. The molecule has 0 aliphatic carbocycles. The lowest BCUT2D eigenvalue weighted by atomic mass is 10.1. The van der Waals surface area contributed by atoms with Gasteiger partial charge < -0.3 is 9.73 Å². The van der Waals surface area contributed by atoms with Crippen molar-refractivity contribution in [3.8, 4) is 0 Å². The first-order valence-corrected chi connectivity index (χ1v) is 6.73. The van der Waals surface area contributed by atoms with Gasteiger partial charge in [-0.1, -0.05) is 18.2 Å². The monoisotopic (exact) mass is 258 g/mol. The lowest BCUT2D eigenvalue weighted by Crippen LogP contribution is -2.16. The van der Waals surface area contributed by atoms with E-state index in [0.717, 1.165) is 22.4 Å². The zero-order chi connectivity index (χ0) is 12.5. The highest BCUT2D eigenvalue weighted by Crippen LogP contribution is 2.31. The Morgan fingerprint density at radius 2 is 2.17 bits per heavy atom. The van der Waals surface area contributed by atoms with Gasteiger partial charge in [0.25, 0.3) is 0 Å². The molecule has 1 atom stereocenters. The van der Waals surface area contributed by atoms with Crippen molar-refractivity contribution in [3.63, 3.8) is 0 Å². The van der Waals surface area contributed by atoms with Crippen LogP contribution in [0.4, 0.5) is 0 Å². The fourth-order valence-corrected chi connectivity index (χ4v) is 3.05. The fourth-order valence-electron chi connectivity index (χ4n) is 2.14. The van der Waals surface area contributed by atoms with Gasteiger partial charge in [-0.3, -0.25) is 0 Å². The average molecular weight is 258 g/mol. The topological polar surface area (TPSA) is 38.1 Å². The van der Waals surface area contributed by atoms with E-state index in [1.54, 1.807) is 11.3 Å². The van der Waals surface area contributed by atoms with Crippen LogP contribution in [-0.2, 0) is 0 Å². The van der Waals surface area contributed by atoms with Gasteiger partial charge in [-0.25, -0.2) is 4.98 Å². The molecule has 1 aromatic carbocycles. The minimum Gasteiger partial charge on any atom is -0.459 e. The second-order valence-electron chi connectivity index (χ2n) is 4.21. The quantitative estimate of drug-likeness (QED) is 0.781. The van der Waals surface area contributed by atoms with Crippen LogP contribution in [0.2, 0.25) is 0 Å². The van der Waals surface area contributed by atoms with Gasteiger partial charge in [0.05, 0.1) is 16.1 Å². The van der Waals surface area contributed by atoms with Crippen molar-refractivity contribution < 1.29 is 4.42 Å². The molecule has 0 fully saturated rings. The first-order valence-electron chi connectivity index (χ1n) is 5.85. The van der Waals surface area contributed by atoms with E-state index in [0.29, 0.717) is 0 Å². The lowest BCUT2D eigenvalue weighted by molar-refractivity contribution is 0.494. The van der Waals surface area contributed by atoms with Gasteiger partial charge in [0, 0.05) is 5.39 Å². The number of nitrogens with zero attached hydrogens (tertiary/aromatic N) is 1. The molecule has 0 amide bonds. The molecule has 92 valence electrons. The molecule has 18 heavy (non-hydrogen) atoms. The Kier molecular flexibility index (Phi) is 2.89. The number of thiazole rings is 1. The summed E-state index contributed by atoms with van der Waals surface area (Å²) in [7, 11) is 1.94. The predicted molar refractivity (Wildman–Crippen MR) is 74.0 cm³/mol. The van der Waals surface area contributed by atoms with Gasteiger partial charge >= 0.3 is 0 Å². The molecule has 0 saturated heterocycles. The van der Waals surface area contributed by atoms with Crippen LogP contribution >= 0.6 is 11.3 Å². The second kappa shape index (κ2) is 4.55. The van der Waals surface area contributed by atoms with Crippen molar-refractivity contribution in [1.29, 1.82) is 0 Å². The highest BCUT2D eigenvalue weighted by atomic mass is 32.1. The third kappa shape index (κ3) is 1.83. The molecule has 0 bridgehead atoms. The van der Waals surface area contributed by atoms with E-state index < -0.39 is 0 Å². The third-order valence-electron chi connectivity index (χ3n) is 3.06. The molecule has 1 unspecified atom stereocenters. The minimum absolute atomic E-state index is 0.0740. The molecule has 2 heterocycles. The number of benzene rings is 1. The first kappa shape index (κ1) is 11.4. The molecule has 3 aromatic rings. The highest BCUT2D eigenvalue weighted by Gasteiger charge is 2.20. The van der Waals surface area contributed by atoms with E-state index in [4.69, 9.17) is 4.42 Å². The molecular weight excluding hydrogens is 244 g/mol. The molecule has 3 nitrogen and oxygen atoms in total. The Morgan fingerprint density at radius 1 is 1.33 bits per heavy atom. The number of nitrogens with one attached hydrogen (secondary N) is 1. The number of rotatable bonds is 3. The summed E-state index contributed by atoms with van der Waals surface area (Å²) in [5, 5.41) is 4.43. The number of hydrogen-bond donors (Lipinski definition) is 1. The van der Waals surface area contributed by atoms with Gasteiger partial charge in [-0.2, -0.15) is 0 Å². The first-order chi connectivity index (χ1) is 8.79. The Hall–Kier alpha value is -1.65. The van der Waals surface area contributed by atoms with Crippen molar-refractivity contribution in [3.05, 3.63) is 52.2 Å². The van der Waals surface area contributed by atoms with E-state index in [-0.39, 0.29) is 6.04 Å². The van der Waals surface area contributed by atoms with Crippen molar-refractivity contribution in [1.82, 2.24) is 10.3 Å². The van der Waals surface area contributed by atoms with Crippen LogP contribution in [0.25, 0.3) is 11.0 Å². The SMILES string of the molecule is CNC(c1cc2ccccc2o1)c1scnc1C. The molecule has 0 saturated carbocycles. The van der Waals surface area contributed by atoms with Crippen LogP contribution < -0.4 is 5.32 Å². The standard InChI is InChI=1S/C14H14N2OS/c1-9-14(18-8-16-9)13(15-2)12-7-10-5-3-4-6-11(10)17-12/h3-8,13,15H,1-2H3. The van der Waals surface area contributed by atoms with E-state index in [1.807, 2.05) is 37.7 Å². The Bertz CT molecular complexity index is 638. The highest BCUT2D eigenvalue weighted by molar-refractivity contribution is 7.09. The molecule has 0 spiro atoms. The second-order valence-corrected chi connectivity index (χ2v) is 5.10. The van der Waals surface area contributed by atoms with Crippen LogP contribution in [-0.4, -0.2) is 12.0 Å². The summed E-state index contributed by atoms with van der Waals surface area (Å²) in [6.45, 7) is 2.03. The van der Waals surface area contributed by atoms with Crippen molar-refractivity contribution in [2.24, 2.45) is 0 Å². The third-order valence-corrected chi connectivity index (χ3v) is 4.06. The smallest absolute Gasteiger partial charge is 0.134 e. The molecule has 0 aliphatic heterocycles. The van der Waals surface area contributed by atoms with Crippen molar-refractivity contribution in [2.45, 2.75) is 13.0 Å². The summed E-state index contributed by atoms with van der Waals surface area (Å²) in [6.07, 6.45) is 0. The van der Waals surface area contributed by atoms with E-state index in [1.165, 1.54) is 4.88 Å². The largest absolute Gasteiger partial charge is 0.459 e. The van der Waals surface area contributed by atoms with Crippen LogP contribution in [0.3, 0.4) is 0 Å². The van der Waals surface area contributed by atoms with Crippen molar-refractivity contribution in [2.75, 3.05) is 7.05 Å². The summed E-state index contributed by atoms with van der Waals surface area (Å²) in [5.41, 5.74) is 3.85. The molecule has 0 radical (unpaired) electrons. The van der Waals surface area contributed by atoms with E-state index >= 15 is 0 Å². The minimum atomic E-state index is 0.0740. The summed E-state index contributed by atoms with van der Waals surface area (Å²) >= 11 is 1.65. The van der Waals surface area contributed by atoms with Crippen LogP contribution in [0.15, 0.2) is 40.3 Å². The maximum atomic E-state index is 5.92. The molecule has 1 N–H and O–H groups in total. The number of aryl methyl sites for hydroxylation is 1. The summed E-state index contributed by atoms with van der Waals surface area (Å²) < 4.78 is 5.92. The van der Waals surface area contributed by atoms with Crippen LogP contribution in [0.5, 0.6) is 0 Å². The zero-order valence-corrected chi connectivity index (χ0v) is 11.1. The van der Waals surface area contributed by atoms with Gasteiger partial charge in [-0.05, 0) is 26.1 Å². The maximum Gasteiger partial charge on any atom is 0.134 e. The van der Waals surface area contributed by atoms with E-state index in [2.05, 4.69) is 22.4 Å². The zero-order valence-electron chi connectivity index (χ0n) is 10.3. The average Bonchev–Trinajstić information content (AvgIpc) is 2.97. The van der Waals surface area contributed by atoms with Gasteiger partial charge in [0.1, 0.15) is 17.4 Å². The molecule has 4 heteroatoms. The van der Waals surface area contributed by atoms with Gasteiger partial charge in [0.15, 0.2) is 0 Å². The summed E-state index contributed by atoms with van der Waals surface area (Å²) in [6, 6.07) is 10.2. The Morgan fingerprint density at radius 3 is 2.83 bits per heavy atom. The normalized spacial score (nSPS) is 13.0. The predicted octanol–water partition coefficient (Wildman–Crippen LogP) is 3.51. The molecule has 0 aliphatic rings. The number of furan rings is 1.